The Balaban J connectivity index is 1.53. The molecule has 31 heavy (non-hydrogen) atoms. The minimum absolute atomic E-state index is 0.115. The van der Waals surface area contributed by atoms with Gasteiger partial charge in [0.15, 0.2) is 0 Å². The number of benzene rings is 2. The number of hydrogen-bond acceptors (Lipinski definition) is 4. The summed E-state index contributed by atoms with van der Waals surface area (Å²) in [7, 11) is 0. The van der Waals surface area contributed by atoms with E-state index < -0.39 is 0 Å². The number of amides is 1. The first-order valence-corrected chi connectivity index (χ1v) is 10.8. The highest BCUT2D eigenvalue weighted by atomic mass is 35.5. The van der Waals surface area contributed by atoms with Gasteiger partial charge < -0.3 is 10.2 Å². The van der Waals surface area contributed by atoms with Crippen molar-refractivity contribution in [1.82, 2.24) is 15.1 Å². The lowest BCUT2D eigenvalue weighted by atomic mass is 10.1. The standard InChI is InChI=1S/C24H27ClN4O2/c1-3-28(21-7-4-6-18(2)16-21)15-5-14-26-23(30)17-29-24(31)13-12-22(27-29)19-8-10-20(25)11-9-19/h4,6-13,16H,3,5,14-15,17H2,1-2H3,(H,26,30). The van der Waals surface area contributed by atoms with E-state index in [2.05, 4.69) is 53.4 Å². The van der Waals surface area contributed by atoms with Gasteiger partial charge in [0.05, 0.1) is 5.69 Å². The highest BCUT2D eigenvalue weighted by Crippen LogP contribution is 2.18. The molecule has 0 unspecified atom stereocenters. The first-order valence-electron chi connectivity index (χ1n) is 10.4. The molecular formula is C24H27ClN4O2. The quantitative estimate of drug-likeness (QED) is 0.514. The van der Waals surface area contributed by atoms with Crippen LogP contribution < -0.4 is 15.8 Å². The van der Waals surface area contributed by atoms with E-state index in [1.165, 1.54) is 22.0 Å². The molecule has 0 spiro atoms. The summed E-state index contributed by atoms with van der Waals surface area (Å²) in [5, 5.41) is 7.83. The number of nitrogens with one attached hydrogen (secondary N) is 1. The van der Waals surface area contributed by atoms with Crippen LogP contribution in [0.4, 0.5) is 5.69 Å². The van der Waals surface area contributed by atoms with Crippen LogP contribution in [0.1, 0.15) is 18.9 Å². The highest BCUT2D eigenvalue weighted by molar-refractivity contribution is 6.30. The van der Waals surface area contributed by atoms with E-state index in [9.17, 15) is 9.59 Å². The van der Waals surface area contributed by atoms with Crippen molar-refractivity contribution >= 4 is 23.2 Å². The summed E-state index contributed by atoms with van der Waals surface area (Å²) in [6.07, 6.45) is 0.806. The molecule has 0 aliphatic rings. The number of hydrogen-bond donors (Lipinski definition) is 1. The number of carbonyl (C=O) groups is 1. The van der Waals surface area contributed by atoms with E-state index in [4.69, 9.17) is 11.6 Å². The van der Waals surface area contributed by atoms with Gasteiger partial charge in [0.25, 0.3) is 5.56 Å². The molecule has 1 heterocycles. The van der Waals surface area contributed by atoms with Crippen LogP contribution >= 0.6 is 11.6 Å². The third kappa shape index (κ3) is 6.43. The maximum atomic E-state index is 12.3. The first-order chi connectivity index (χ1) is 15.0. The number of halogens is 1. The molecule has 162 valence electrons. The van der Waals surface area contributed by atoms with Crippen molar-refractivity contribution in [3.8, 4) is 11.3 Å². The summed E-state index contributed by atoms with van der Waals surface area (Å²) in [6, 6.07) is 18.6. The maximum absolute atomic E-state index is 12.3. The molecule has 2 aromatic carbocycles. The van der Waals surface area contributed by atoms with E-state index in [1.807, 2.05) is 12.1 Å². The van der Waals surface area contributed by atoms with Crippen LogP contribution in [0.3, 0.4) is 0 Å². The van der Waals surface area contributed by atoms with Gasteiger partial charge in [-0.2, -0.15) is 5.10 Å². The van der Waals surface area contributed by atoms with Gasteiger partial charge in [-0.25, -0.2) is 4.68 Å². The molecule has 0 fully saturated rings. The molecule has 3 rings (SSSR count). The molecule has 1 aromatic heterocycles. The number of rotatable bonds is 9. The molecule has 0 aliphatic heterocycles. The monoisotopic (exact) mass is 438 g/mol. The molecule has 1 N–H and O–H groups in total. The second kappa shape index (κ2) is 10.8. The number of aryl methyl sites for hydroxylation is 1. The number of anilines is 1. The Bertz CT molecular complexity index is 1080. The summed E-state index contributed by atoms with van der Waals surface area (Å²) >= 11 is 5.92. The van der Waals surface area contributed by atoms with Crippen LogP contribution in [0, 0.1) is 6.92 Å². The van der Waals surface area contributed by atoms with Gasteiger partial charge in [-0.1, -0.05) is 35.9 Å². The highest BCUT2D eigenvalue weighted by Gasteiger charge is 2.09. The third-order valence-corrected chi connectivity index (χ3v) is 5.23. The zero-order valence-corrected chi connectivity index (χ0v) is 18.6. The lowest BCUT2D eigenvalue weighted by molar-refractivity contribution is -0.121. The Kier molecular flexibility index (Phi) is 7.84. The smallest absolute Gasteiger partial charge is 0.267 e. The van der Waals surface area contributed by atoms with Crippen molar-refractivity contribution in [2.45, 2.75) is 26.8 Å². The average molecular weight is 439 g/mol. The van der Waals surface area contributed by atoms with Gasteiger partial charge in [0.2, 0.25) is 5.91 Å². The molecule has 0 saturated carbocycles. The van der Waals surface area contributed by atoms with Crippen LogP contribution in [0.2, 0.25) is 5.02 Å². The maximum Gasteiger partial charge on any atom is 0.267 e. The zero-order valence-electron chi connectivity index (χ0n) is 17.8. The van der Waals surface area contributed by atoms with Crippen molar-refractivity contribution in [2.24, 2.45) is 0 Å². The van der Waals surface area contributed by atoms with Crippen molar-refractivity contribution in [2.75, 3.05) is 24.5 Å². The molecule has 0 bridgehead atoms. The second-order valence-electron chi connectivity index (χ2n) is 7.34. The second-order valence-corrected chi connectivity index (χ2v) is 7.78. The topological polar surface area (TPSA) is 67.2 Å². The van der Waals surface area contributed by atoms with Gasteiger partial charge in [0.1, 0.15) is 6.54 Å². The molecule has 7 heteroatoms. The summed E-state index contributed by atoms with van der Waals surface area (Å²) in [5.41, 5.74) is 3.53. The van der Waals surface area contributed by atoms with Gasteiger partial charge in [-0.15, -0.1) is 0 Å². The van der Waals surface area contributed by atoms with E-state index >= 15 is 0 Å². The molecule has 3 aromatic rings. The van der Waals surface area contributed by atoms with Gasteiger partial charge >= 0.3 is 0 Å². The van der Waals surface area contributed by atoms with Crippen LogP contribution in [0.15, 0.2) is 65.5 Å². The average Bonchev–Trinajstić information content (AvgIpc) is 2.76. The summed E-state index contributed by atoms with van der Waals surface area (Å²) in [5.74, 6) is -0.235. The number of aromatic nitrogens is 2. The van der Waals surface area contributed by atoms with Crippen LogP contribution in [-0.4, -0.2) is 35.3 Å². The van der Waals surface area contributed by atoms with Crippen molar-refractivity contribution in [3.63, 3.8) is 0 Å². The minimum atomic E-state index is -0.315. The van der Waals surface area contributed by atoms with Gasteiger partial charge in [0, 0.05) is 42.0 Å². The normalized spacial score (nSPS) is 10.7. The fourth-order valence-electron chi connectivity index (χ4n) is 3.32. The fourth-order valence-corrected chi connectivity index (χ4v) is 3.45. The molecular weight excluding hydrogens is 412 g/mol. The number of carbonyl (C=O) groups excluding carboxylic acids is 1. The Morgan fingerprint density at radius 3 is 2.61 bits per heavy atom. The molecule has 0 aliphatic carbocycles. The van der Waals surface area contributed by atoms with Crippen LogP contribution in [-0.2, 0) is 11.3 Å². The van der Waals surface area contributed by atoms with E-state index in [0.29, 0.717) is 17.3 Å². The summed E-state index contributed by atoms with van der Waals surface area (Å²) in [4.78, 5) is 26.8. The molecule has 0 atom stereocenters. The Hall–Kier alpha value is -3.12. The number of nitrogens with zero attached hydrogens (tertiary/aromatic N) is 3. The molecule has 1 amide bonds. The predicted molar refractivity (Wildman–Crippen MR) is 126 cm³/mol. The molecule has 0 radical (unpaired) electrons. The SMILES string of the molecule is CCN(CCCNC(=O)Cn1nc(-c2ccc(Cl)cc2)ccc1=O)c1cccc(C)c1. The van der Waals surface area contributed by atoms with E-state index in [1.54, 1.807) is 18.2 Å². The molecule has 0 saturated heterocycles. The Morgan fingerprint density at radius 1 is 1.13 bits per heavy atom. The van der Waals surface area contributed by atoms with Crippen LogP contribution in [0.25, 0.3) is 11.3 Å². The lowest BCUT2D eigenvalue weighted by Crippen LogP contribution is -2.35. The first kappa shape index (κ1) is 22.6. The van der Waals surface area contributed by atoms with Gasteiger partial charge in [-0.3, -0.25) is 9.59 Å². The Labute approximate surface area is 187 Å². The van der Waals surface area contributed by atoms with E-state index in [0.717, 1.165) is 25.1 Å². The largest absolute Gasteiger partial charge is 0.372 e. The summed E-state index contributed by atoms with van der Waals surface area (Å²) < 4.78 is 1.18. The zero-order chi connectivity index (χ0) is 22.2. The molecule has 6 nitrogen and oxygen atoms in total. The van der Waals surface area contributed by atoms with Crippen molar-refractivity contribution in [1.29, 1.82) is 0 Å². The fraction of sp³-hybridized carbons (Fsp3) is 0.292. The minimum Gasteiger partial charge on any atom is -0.372 e. The van der Waals surface area contributed by atoms with Crippen molar-refractivity contribution < 1.29 is 4.79 Å². The van der Waals surface area contributed by atoms with Gasteiger partial charge in [-0.05, 0) is 56.2 Å². The predicted octanol–water partition coefficient (Wildman–Crippen LogP) is 3.90. The third-order valence-electron chi connectivity index (χ3n) is 4.98. The van der Waals surface area contributed by atoms with E-state index in [-0.39, 0.29) is 18.0 Å². The summed E-state index contributed by atoms with van der Waals surface area (Å²) in [6.45, 7) is 6.35. The Morgan fingerprint density at radius 2 is 1.90 bits per heavy atom. The van der Waals surface area contributed by atoms with Crippen molar-refractivity contribution in [3.05, 3.63) is 81.6 Å². The van der Waals surface area contributed by atoms with Crippen LogP contribution in [0.5, 0.6) is 0 Å². The lowest BCUT2D eigenvalue weighted by Gasteiger charge is -2.23.